The van der Waals surface area contributed by atoms with Gasteiger partial charge in [0.1, 0.15) is 12.1 Å². The molecule has 11 N–H and O–H groups in total. The summed E-state index contributed by atoms with van der Waals surface area (Å²) in [5.41, 5.74) is 15.9. The molecular weight excluding hydrogens is 380 g/mol. The van der Waals surface area contributed by atoms with Crippen molar-refractivity contribution in [3.63, 3.8) is 0 Å². The first-order valence-electron chi connectivity index (χ1n) is 8.02. The summed E-state index contributed by atoms with van der Waals surface area (Å²) in [6, 6.07) is -4.55. The second-order valence-corrected chi connectivity index (χ2v) is 5.71. The molecule has 0 heterocycles. The number of amides is 2. The van der Waals surface area contributed by atoms with Crippen LogP contribution in [0, 0.1) is 0 Å². The molecule has 0 rings (SSSR count). The molecule has 14 nitrogen and oxygen atoms in total. The van der Waals surface area contributed by atoms with Gasteiger partial charge in [-0.2, -0.15) is 0 Å². The number of nitrogens with two attached hydrogens (primary N) is 3. The van der Waals surface area contributed by atoms with Crippen LogP contribution in [0.5, 0.6) is 0 Å². The molecule has 2 amide bonds. The molecule has 0 radical (unpaired) electrons. The van der Waals surface area contributed by atoms with E-state index < -0.39 is 60.7 Å². The maximum atomic E-state index is 12.1. The Morgan fingerprint density at radius 1 is 0.857 bits per heavy atom. The molecule has 0 saturated carbocycles. The monoisotopic (exact) mass is 404 g/mol. The number of nitrogens with zero attached hydrogens (tertiary/aromatic N) is 1. The predicted molar refractivity (Wildman–Crippen MR) is 93.9 cm³/mol. The lowest BCUT2D eigenvalue weighted by Crippen LogP contribution is -2.55. The van der Waals surface area contributed by atoms with Gasteiger partial charge in [-0.3, -0.25) is 24.2 Å². The number of aliphatic carboxylic acids is 3. The first kappa shape index (κ1) is 24.6. The number of carbonyl (C=O) groups is 5. The molecule has 0 fully saturated rings. The summed E-state index contributed by atoms with van der Waals surface area (Å²) in [4.78, 5) is 60.5. The number of nitrogens with one attached hydrogen (secondary N) is 2. The van der Waals surface area contributed by atoms with Crippen molar-refractivity contribution in [3.05, 3.63) is 0 Å². The summed E-state index contributed by atoms with van der Waals surface area (Å²) >= 11 is 0. The molecule has 0 aromatic rings. The number of carboxylic acid groups (broad SMARTS) is 3. The largest absolute Gasteiger partial charge is 0.481 e. The first-order chi connectivity index (χ1) is 12.9. The minimum atomic E-state index is -1.80. The molecule has 3 atom stereocenters. The maximum absolute atomic E-state index is 12.1. The van der Waals surface area contributed by atoms with Gasteiger partial charge in [-0.05, 0) is 12.8 Å². The highest BCUT2D eigenvalue weighted by Gasteiger charge is 2.30. The van der Waals surface area contributed by atoms with Crippen molar-refractivity contribution in [3.8, 4) is 0 Å². The molecule has 3 unspecified atom stereocenters. The fourth-order valence-corrected chi connectivity index (χ4v) is 1.96. The van der Waals surface area contributed by atoms with Crippen LogP contribution in [0.2, 0.25) is 0 Å². The quantitative estimate of drug-likeness (QED) is 0.0843. The Hall–Kier alpha value is -3.42. The summed E-state index contributed by atoms with van der Waals surface area (Å²) < 4.78 is 0. The van der Waals surface area contributed by atoms with Crippen molar-refractivity contribution in [1.82, 2.24) is 10.6 Å². The number of guanidine groups is 1. The van der Waals surface area contributed by atoms with E-state index >= 15 is 0 Å². The van der Waals surface area contributed by atoms with E-state index in [1.54, 1.807) is 0 Å². The van der Waals surface area contributed by atoms with Crippen LogP contribution in [-0.4, -0.2) is 75.7 Å². The van der Waals surface area contributed by atoms with Gasteiger partial charge in [0.25, 0.3) is 0 Å². The van der Waals surface area contributed by atoms with E-state index in [9.17, 15) is 24.0 Å². The van der Waals surface area contributed by atoms with Gasteiger partial charge in [0.05, 0.1) is 18.9 Å². The Bertz CT molecular complexity index is 633. The highest BCUT2D eigenvalue weighted by molar-refractivity contribution is 5.94. The van der Waals surface area contributed by atoms with Gasteiger partial charge in [-0.15, -0.1) is 0 Å². The highest BCUT2D eigenvalue weighted by atomic mass is 16.4. The Morgan fingerprint density at radius 3 is 1.82 bits per heavy atom. The highest BCUT2D eigenvalue weighted by Crippen LogP contribution is 2.01. The third-order valence-corrected chi connectivity index (χ3v) is 3.31. The molecule has 0 aromatic heterocycles. The zero-order valence-electron chi connectivity index (χ0n) is 14.8. The summed E-state index contributed by atoms with van der Waals surface area (Å²) in [7, 11) is 0. The summed E-state index contributed by atoms with van der Waals surface area (Å²) in [6.45, 7) is 0.206. The molecule has 0 spiro atoms. The molecule has 14 heteroatoms. The first-order valence-corrected chi connectivity index (χ1v) is 8.02. The minimum absolute atomic E-state index is 0.126. The Labute approximate surface area is 159 Å². The van der Waals surface area contributed by atoms with E-state index in [0.717, 1.165) is 0 Å². The number of hydrogen-bond donors (Lipinski definition) is 8. The Balaban J connectivity index is 4.95. The lowest BCUT2D eigenvalue weighted by Gasteiger charge is -2.21. The van der Waals surface area contributed by atoms with Crippen molar-refractivity contribution in [2.75, 3.05) is 6.54 Å². The Kier molecular flexibility index (Phi) is 10.6. The van der Waals surface area contributed by atoms with Gasteiger partial charge in [-0.25, -0.2) is 4.79 Å². The van der Waals surface area contributed by atoms with Crippen LogP contribution in [0.15, 0.2) is 4.99 Å². The second-order valence-electron chi connectivity index (χ2n) is 5.71. The number of carbonyl (C=O) groups excluding carboxylic acids is 2. The van der Waals surface area contributed by atoms with Crippen LogP contribution >= 0.6 is 0 Å². The summed E-state index contributed by atoms with van der Waals surface area (Å²) in [5.74, 6) is -6.73. The van der Waals surface area contributed by atoms with Gasteiger partial charge in [-0.1, -0.05) is 0 Å². The molecule has 158 valence electrons. The fourth-order valence-electron chi connectivity index (χ4n) is 1.96. The molecule has 0 aliphatic heterocycles. The van der Waals surface area contributed by atoms with Gasteiger partial charge >= 0.3 is 17.9 Å². The Morgan fingerprint density at radius 2 is 1.36 bits per heavy atom. The third-order valence-electron chi connectivity index (χ3n) is 3.31. The molecule has 0 bridgehead atoms. The van der Waals surface area contributed by atoms with Crippen molar-refractivity contribution in [1.29, 1.82) is 0 Å². The average Bonchev–Trinajstić information content (AvgIpc) is 2.55. The van der Waals surface area contributed by atoms with Crippen molar-refractivity contribution >= 4 is 35.7 Å². The predicted octanol–water partition coefficient (Wildman–Crippen LogP) is -3.63. The van der Waals surface area contributed by atoms with Crippen LogP contribution in [0.25, 0.3) is 0 Å². The van der Waals surface area contributed by atoms with Gasteiger partial charge < -0.3 is 43.2 Å². The number of carboxylic acids is 3. The number of hydrogen-bond acceptors (Lipinski definition) is 7. The lowest BCUT2D eigenvalue weighted by molar-refractivity contribution is -0.148. The van der Waals surface area contributed by atoms with E-state index in [0.29, 0.717) is 6.42 Å². The SMILES string of the molecule is NC(N)=NCCCC(N)C(=O)NC(CC(=O)O)C(=O)NC(CC(=O)O)C(=O)O. The standard InChI is InChI=1S/C14H24N6O8/c15-6(2-1-3-18-14(16)17)11(25)19-7(4-9(21)22)12(26)20-8(13(27)28)5-10(23)24/h6-8H,1-5,15H2,(H,19,25)(H,20,26)(H,21,22)(H,23,24)(H,27,28)(H4,16,17,18). The zero-order valence-corrected chi connectivity index (χ0v) is 14.8. The van der Waals surface area contributed by atoms with Gasteiger partial charge in [0.15, 0.2) is 5.96 Å². The average molecular weight is 404 g/mol. The maximum Gasteiger partial charge on any atom is 0.326 e. The normalized spacial score (nSPS) is 13.5. The molecule has 0 aliphatic carbocycles. The van der Waals surface area contributed by atoms with Crippen LogP contribution < -0.4 is 27.8 Å². The molecule has 28 heavy (non-hydrogen) atoms. The topological polar surface area (TPSA) is 261 Å². The summed E-state index contributed by atoms with van der Waals surface area (Å²) in [6.07, 6.45) is -1.33. The molecular formula is C14H24N6O8. The molecule has 0 aromatic carbocycles. The van der Waals surface area contributed by atoms with E-state index in [-0.39, 0.29) is 18.9 Å². The minimum Gasteiger partial charge on any atom is -0.481 e. The van der Waals surface area contributed by atoms with E-state index in [1.165, 1.54) is 0 Å². The summed E-state index contributed by atoms with van der Waals surface area (Å²) in [5, 5.41) is 30.5. The second kappa shape index (κ2) is 12.1. The van der Waals surface area contributed by atoms with E-state index in [4.69, 9.17) is 32.5 Å². The zero-order chi connectivity index (χ0) is 21.9. The van der Waals surface area contributed by atoms with Crippen molar-refractivity contribution in [2.45, 2.75) is 43.8 Å². The smallest absolute Gasteiger partial charge is 0.326 e. The van der Waals surface area contributed by atoms with Crippen LogP contribution in [0.1, 0.15) is 25.7 Å². The lowest BCUT2D eigenvalue weighted by atomic mass is 10.1. The molecule has 0 saturated heterocycles. The van der Waals surface area contributed by atoms with Gasteiger partial charge in [0.2, 0.25) is 11.8 Å². The van der Waals surface area contributed by atoms with Gasteiger partial charge in [0, 0.05) is 6.54 Å². The number of aliphatic imine (C=N–C) groups is 1. The molecule has 0 aliphatic rings. The number of rotatable bonds is 13. The van der Waals surface area contributed by atoms with E-state index in [2.05, 4.69) is 10.3 Å². The van der Waals surface area contributed by atoms with Crippen LogP contribution in [0.4, 0.5) is 0 Å². The van der Waals surface area contributed by atoms with Crippen molar-refractivity contribution < 1.29 is 39.3 Å². The fraction of sp³-hybridized carbons (Fsp3) is 0.571. The third kappa shape index (κ3) is 10.5. The van der Waals surface area contributed by atoms with Crippen molar-refractivity contribution in [2.24, 2.45) is 22.2 Å². The van der Waals surface area contributed by atoms with E-state index in [1.807, 2.05) is 5.32 Å². The van der Waals surface area contributed by atoms with Crippen LogP contribution in [-0.2, 0) is 24.0 Å². The van der Waals surface area contributed by atoms with Crippen LogP contribution in [0.3, 0.4) is 0 Å².